The third kappa shape index (κ3) is 4.94. The summed E-state index contributed by atoms with van der Waals surface area (Å²) in [5.41, 5.74) is 1.04. The predicted octanol–water partition coefficient (Wildman–Crippen LogP) is 6.05. The van der Waals surface area contributed by atoms with Gasteiger partial charge < -0.3 is 4.74 Å². The Kier molecular flexibility index (Phi) is 5.96. The average molecular weight is 289 g/mol. The van der Waals surface area contributed by atoms with Crippen LogP contribution in [0.3, 0.4) is 0 Å². The molecule has 0 saturated carbocycles. The van der Waals surface area contributed by atoms with Gasteiger partial charge in [0.25, 0.3) is 0 Å². The monoisotopic (exact) mass is 289 g/mol. The Labute approximate surface area is 129 Å². The van der Waals surface area contributed by atoms with Crippen LogP contribution in [0.2, 0.25) is 0 Å². The lowest BCUT2D eigenvalue weighted by Crippen LogP contribution is -2.36. The smallest absolute Gasteiger partial charge is 0.179 e. The minimum absolute atomic E-state index is 0.0409. The second kappa shape index (κ2) is 7.72. The highest BCUT2D eigenvalue weighted by molar-refractivity contribution is 5.41. The summed E-state index contributed by atoms with van der Waals surface area (Å²) in [6, 6.07) is 5.18. The Morgan fingerprint density at radius 3 is 2.57 bits per heavy atom. The van der Waals surface area contributed by atoms with Crippen LogP contribution >= 0.6 is 0 Å². The van der Waals surface area contributed by atoms with E-state index in [4.69, 9.17) is 4.74 Å². The summed E-state index contributed by atoms with van der Waals surface area (Å²) in [4.78, 5) is 0. The van der Waals surface area contributed by atoms with Gasteiger partial charge in [-0.1, -0.05) is 45.4 Å². The van der Waals surface area contributed by atoms with Crippen molar-refractivity contribution in [3.63, 3.8) is 0 Å². The minimum Gasteiger partial charge on any atom is -0.487 e. The fourth-order valence-corrected chi connectivity index (χ4v) is 3.20. The molecule has 1 heterocycles. The van der Waals surface area contributed by atoms with Gasteiger partial charge in [0, 0.05) is 0 Å². The molecule has 1 atom stereocenters. The molecule has 1 aliphatic rings. The van der Waals surface area contributed by atoms with Crippen LogP contribution in [0.4, 0.5) is 0 Å². The molecule has 0 fully saturated rings. The molecule has 1 radical (unpaired) electrons. The van der Waals surface area contributed by atoms with E-state index in [9.17, 15) is 5.11 Å². The molecule has 0 saturated heterocycles. The summed E-state index contributed by atoms with van der Waals surface area (Å²) in [7, 11) is 0. The fourth-order valence-electron chi connectivity index (χ4n) is 3.20. The van der Waals surface area contributed by atoms with Crippen molar-refractivity contribution in [2.75, 3.05) is 0 Å². The lowest BCUT2D eigenvalue weighted by atomic mass is 9.88. The van der Waals surface area contributed by atoms with Gasteiger partial charge in [0.05, 0.1) is 0 Å². The van der Waals surface area contributed by atoms with Crippen molar-refractivity contribution >= 4 is 0 Å². The SMILES string of the molecule is CCCCCCCCCC1(C)CCc2cc([O])ccc2O1. The van der Waals surface area contributed by atoms with Crippen LogP contribution in [0, 0.1) is 0 Å². The highest BCUT2D eigenvalue weighted by Gasteiger charge is 2.31. The van der Waals surface area contributed by atoms with Crippen LogP contribution in [0.1, 0.15) is 77.2 Å². The van der Waals surface area contributed by atoms with Gasteiger partial charge in [-0.3, -0.25) is 5.11 Å². The zero-order valence-electron chi connectivity index (χ0n) is 13.6. The molecule has 0 amide bonds. The molecule has 0 spiro atoms. The van der Waals surface area contributed by atoms with Crippen LogP contribution in [-0.4, -0.2) is 5.60 Å². The maximum atomic E-state index is 11.4. The number of unbranched alkanes of at least 4 members (excludes halogenated alkanes) is 6. The summed E-state index contributed by atoms with van der Waals surface area (Å²) >= 11 is 0. The average Bonchev–Trinajstić information content (AvgIpc) is 2.47. The molecule has 2 rings (SSSR count). The highest BCUT2D eigenvalue weighted by atomic mass is 16.5. The first-order valence-corrected chi connectivity index (χ1v) is 8.62. The first-order chi connectivity index (χ1) is 10.1. The summed E-state index contributed by atoms with van der Waals surface area (Å²) in [6.07, 6.45) is 12.5. The Bertz CT molecular complexity index is 441. The van der Waals surface area contributed by atoms with Crippen molar-refractivity contribution in [3.05, 3.63) is 23.8 Å². The predicted molar refractivity (Wildman–Crippen MR) is 86.5 cm³/mol. The normalized spacial score (nSPS) is 20.9. The molecule has 0 N–H and O–H groups in total. The molecular formula is C19H29O2. The molecule has 21 heavy (non-hydrogen) atoms. The molecule has 0 aromatic heterocycles. The summed E-state index contributed by atoms with van der Waals surface area (Å²) in [6.45, 7) is 4.48. The number of benzene rings is 1. The molecular weight excluding hydrogens is 260 g/mol. The van der Waals surface area contributed by atoms with Crippen LogP contribution in [0.25, 0.3) is 0 Å². The van der Waals surface area contributed by atoms with Gasteiger partial charge in [-0.15, -0.1) is 0 Å². The van der Waals surface area contributed by atoms with Gasteiger partial charge in [-0.25, -0.2) is 0 Å². The molecule has 1 aromatic rings. The topological polar surface area (TPSA) is 29.1 Å². The molecule has 117 valence electrons. The van der Waals surface area contributed by atoms with Crippen molar-refractivity contribution in [2.45, 2.75) is 83.7 Å². The zero-order chi connectivity index (χ0) is 15.1. The van der Waals surface area contributed by atoms with E-state index in [2.05, 4.69) is 13.8 Å². The maximum absolute atomic E-state index is 11.4. The zero-order valence-corrected chi connectivity index (χ0v) is 13.6. The van der Waals surface area contributed by atoms with Gasteiger partial charge >= 0.3 is 0 Å². The number of fused-ring (bicyclic) bond motifs is 1. The van der Waals surface area contributed by atoms with Crippen LogP contribution < -0.4 is 4.74 Å². The Balaban J connectivity index is 1.73. The van der Waals surface area contributed by atoms with E-state index in [1.165, 1.54) is 44.9 Å². The minimum atomic E-state index is -0.0409. The van der Waals surface area contributed by atoms with Crippen LogP contribution in [0.15, 0.2) is 18.2 Å². The second-order valence-corrected chi connectivity index (χ2v) is 6.69. The van der Waals surface area contributed by atoms with Crippen molar-refractivity contribution in [2.24, 2.45) is 0 Å². The van der Waals surface area contributed by atoms with Crippen molar-refractivity contribution < 1.29 is 9.84 Å². The molecule has 1 aliphatic heterocycles. The van der Waals surface area contributed by atoms with E-state index in [1.807, 2.05) is 6.07 Å². The van der Waals surface area contributed by atoms with E-state index in [0.717, 1.165) is 30.6 Å². The van der Waals surface area contributed by atoms with E-state index in [1.54, 1.807) is 12.1 Å². The number of rotatable bonds is 8. The number of ether oxygens (including phenoxy) is 1. The summed E-state index contributed by atoms with van der Waals surface area (Å²) in [5, 5.41) is 11.4. The van der Waals surface area contributed by atoms with Gasteiger partial charge in [-0.2, -0.15) is 0 Å². The molecule has 0 bridgehead atoms. The first kappa shape index (κ1) is 16.2. The van der Waals surface area contributed by atoms with E-state index in [0.29, 0.717) is 0 Å². The highest BCUT2D eigenvalue weighted by Crippen LogP contribution is 2.37. The fraction of sp³-hybridized carbons (Fsp3) is 0.684. The van der Waals surface area contributed by atoms with Crippen LogP contribution in [-0.2, 0) is 11.5 Å². The van der Waals surface area contributed by atoms with Gasteiger partial charge in [0.2, 0.25) is 0 Å². The van der Waals surface area contributed by atoms with Gasteiger partial charge in [0.1, 0.15) is 11.4 Å². The molecule has 2 heteroatoms. The third-order valence-electron chi connectivity index (χ3n) is 4.62. The van der Waals surface area contributed by atoms with Crippen molar-refractivity contribution in [3.8, 4) is 11.5 Å². The summed E-state index contributed by atoms with van der Waals surface area (Å²) in [5.74, 6) is 1.01. The maximum Gasteiger partial charge on any atom is 0.179 e. The Morgan fingerprint density at radius 1 is 1.10 bits per heavy atom. The number of aryl methyl sites for hydroxylation is 1. The summed E-state index contributed by atoms with van der Waals surface area (Å²) < 4.78 is 6.18. The van der Waals surface area contributed by atoms with E-state index in [-0.39, 0.29) is 11.4 Å². The Hall–Kier alpha value is -1.18. The molecule has 1 aromatic carbocycles. The van der Waals surface area contributed by atoms with Crippen molar-refractivity contribution in [1.82, 2.24) is 0 Å². The third-order valence-corrected chi connectivity index (χ3v) is 4.62. The van der Waals surface area contributed by atoms with E-state index >= 15 is 0 Å². The molecule has 1 unspecified atom stereocenters. The quantitative estimate of drug-likeness (QED) is 0.535. The Morgan fingerprint density at radius 2 is 1.81 bits per heavy atom. The second-order valence-electron chi connectivity index (χ2n) is 6.69. The van der Waals surface area contributed by atoms with Crippen molar-refractivity contribution in [1.29, 1.82) is 0 Å². The number of hydrogen-bond acceptors (Lipinski definition) is 1. The standard InChI is InChI=1S/C19H29O2/c1-3-4-5-6-7-8-9-13-19(2)14-12-16-15-17(20)10-11-18(16)21-19/h10-11,15H,3-9,12-14H2,1-2H3. The number of hydrogen-bond donors (Lipinski definition) is 0. The largest absolute Gasteiger partial charge is 0.487 e. The molecule has 2 nitrogen and oxygen atoms in total. The van der Waals surface area contributed by atoms with Gasteiger partial charge in [0.15, 0.2) is 5.75 Å². The lowest BCUT2D eigenvalue weighted by Gasteiger charge is -2.36. The van der Waals surface area contributed by atoms with E-state index < -0.39 is 0 Å². The van der Waals surface area contributed by atoms with Gasteiger partial charge in [-0.05, 0) is 56.4 Å². The lowest BCUT2D eigenvalue weighted by molar-refractivity contribution is 0.0532. The molecule has 0 aliphatic carbocycles. The van der Waals surface area contributed by atoms with Crippen LogP contribution in [0.5, 0.6) is 11.5 Å². The first-order valence-electron chi connectivity index (χ1n) is 8.62.